The lowest BCUT2D eigenvalue weighted by Gasteiger charge is -2.41. The summed E-state index contributed by atoms with van der Waals surface area (Å²) < 4.78 is 57.6. The van der Waals surface area contributed by atoms with E-state index >= 15 is 0 Å². The molecule has 0 aromatic heterocycles. The van der Waals surface area contributed by atoms with E-state index in [1.165, 1.54) is 0 Å². The molecule has 0 aliphatic heterocycles. The van der Waals surface area contributed by atoms with Crippen LogP contribution in [-0.2, 0) is 0 Å². The number of hydrogen-bond acceptors (Lipinski definition) is 0. The Kier molecular flexibility index (Phi) is 2.04. The van der Waals surface area contributed by atoms with Crippen LogP contribution in [0, 0.1) is 0 Å². The smallest absolute Gasteiger partial charge is 0.117 e. The van der Waals surface area contributed by atoms with Crippen molar-refractivity contribution < 1.29 is 19.4 Å². The largest absolute Gasteiger partial charge is 0.287 e. The van der Waals surface area contributed by atoms with Gasteiger partial charge in [0.25, 0.3) is 10.2 Å². The maximum absolute atomic E-state index is 11.5. The third kappa shape index (κ3) is 7.93. The normalized spacial score (nSPS) is 21.6. The molecule has 0 spiro atoms. The van der Waals surface area contributed by atoms with Crippen molar-refractivity contribution in [3.05, 3.63) is 12.7 Å². The fraction of sp³-hybridized carbons (Fsp3) is 0.500. The molecule has 0 fully saturated rings. The Labute approximate surface area is 65.7 Å². The molecule has 11 heavy (non-hydrogen) atoms. The summed E-state index contributed by atoms with van der Waals surface area (Å²) in [6.07, 6.45) is 0.624. The highest BCUT2D eigenvalue weighted by Crippen LogP contribution is 2.97. The molecule has 1 atom stereocenters. The standard InChI is InChI=1S/C4H6ClF5S/c1-2-4(5)3-11(6,7,8,9)10/h2,4H,1,3H2. The van der Waals surface area contributed by atoms with Gasteiger partial charge in [0.15, 0.2) is 0 Å². The highest BCUT2D eigenvalue weighted by Gasteiger charge is 2.63. The summed E-state index contributed by atoms with van der Waals surface area (Å²) in [5.74, 6) is -2.29. The van der Waals surface area contributed by atoms with Crippen molar-refractivity contribution in [2.75, 3.05) is 5.75 Å². The van der Waals surface area contributed by atoms with E-state index in [1.54, 1.807) is 0 Å². The van der Waals surface area contributed by atoms with Gasteiger partial charge in [-0.1, -0.05) is 25.5 Å². The Bertz CT molecular complexity index is 168. The lowest BCUT2D eigenvalue weighted by molar-refractivity contribution is 0.365. The first-order chi connectivity index (χ1) is 4.43. The SMILES string of the molecule is C=CC(Cl)CS(F)(F)(F)(F)F. The van der Waals surface area contributed by atoms with E-state index < -0.39 is 21.4 Å². The van der Waals surface area contributed by atoms with Gasteiger partial charge in [-0.25, -0.2) is 0 Å². The zero-order chi connectivity index (χ0) is 9.40. The summed E-state index contributed by atoms with van der Waals surface area (Å²) >= 11 is 4.84. The zero-order valence-electron chi connectivity index (χ0n) is 5.24. The van der Waals surface area contributed by atoms with Gasteiger partial charge in [-0.3, -0.25) is 0 Å². The second-order valence-corrected chi connectivity index (χ2v) is 5.20. The minimum Gasteiger partial charge on any atom is -0.117 e. The van der Waals surface area contributed by atoms with E-state index in [4.69, 9.17) is 11.6 Å². The van der Waals surface area contributed by atoms with Crippen LogP contribution < -0.4 is 0 Å². The van der Waals surface area contributed by atoms with Crippen molar-refractivity contribution in [1.82, 2.24) is 0 Å². The molecule has 0 aliphatic rings. The summed E-state index contributed by atoms with van der Waals surface area (Å²) in [6, 6.07) is 0. The van der Waals surface area contributed by atoms with Crippen LogP contribution >= 0.6 is 21.8 Å². The molecular weight excluding hydrogens is 211 g/mol. The number of rotatable bonds is 3. The third-order valence-corrected chi connectivity index (χ3v) is 2.23. The highest BCUT2D eigenvalue weighted by molar-refractivity contribution is 8.45. The van der Waals surface area contributed by atoms with Crippen LogP contribution in [0.5, 0.6) is 0 Å². The number of halogens is 6. The Morgan fingerprint density at radius 2 is 1.64 bits per heavy atom. The predicted molar refractivity (Wildman–Crippen MR) is 37.8 cm³/mol. The first-order valence-corrected chi connectivity index (χ1v) is 4.99. The minimum atomic E-state index is -9.33. The van der Waals surface area contributed by atoms with Gasteiger partial charge in [0.1, 0.15) is 5.75 Å². The predicted octanol–water partition coefficient (Wildman–Crippen LogP) is 4.08. The fourth-order valence-corrected chi connectivity index (χ4v) is 1.82. The maximum atomic E-state index is 11.5. The topological polar surface area (TPSA) is 0 Å². The molecule has 0 bridgehead atoms. The molecule has 0 aliphatic carbocycles. The average Bonchev–Trinajstić information content (AvgIpc) is 1.57. The van der Waals surface area contributed by atoms with Crippen molar-refractivity contribution >= 4 is 21.8 Å². The van der Waals surface area contributed by atoms with E-state index in [1.807, 2.05) is 0 Å². The van der Waals surface area contributed by atoms with Gasteiger partial charge >= 0.3 is 0 Å². The molecule has 0 amide bonds. The maximum Gasteiger partial charge on any atom is 0.287 e. The summed E-state index contributed by atoms with van der Waals surface area (Å²) in [7, 11) is -9.33. The summed E-state index contributed by atoms with van der Waals surface area (Å²) in [5.41, 5.74) is 0. The monoisotopic (exact) mass is 216 g/mol. The third-order valence-electron chi connectivity index (χ3n) is 0.730. The van der Waals surface area contributed by atoms with Gasteiger partial charge in [-0.15, -0.1) is 18.2 Å². The molecule has 0 rings (SSSR count). The van der Waals surface area contributed by atoms with Gasteiger partial charge in [0, 0.05) is 0 Å². The lowest BCUT2D eigenvalue weighted by atomic mass is 10.5. The van der Waals surface area contributed by atoms with E-state index in [2.05, 4.69) is 6.58 Å². The molecule has 0 heterocycles. The van der Waals surface area contributed by atoms with Crippen LogP contribution in [0.1, 0.15) is 0 Å². The summed E-state index contributed by atoms with van der Waals surface area (Å²) in [4.78, 5) is 0. The Morgan fingerprint density at radius 1 is 1.27 bits per heavy atom. The van der Waals surface area contributed by atoms with Crippen molar-refractivity contribution in [3.8, 4) is 0 Å². The molecule has 1 unspecified atom stereocenters. The summed E-state index contributed by atoms with van der Waals surface area (Å²) in [5, 5.41) is -1.76. The molecule has 0 radical (unpaired) electrons. The number of allylic oxidation sites excluding steroid dienone is 1. The molecule has 0 saturated heterocycles. The second kappa shape index (κ2) is 2.04. The molecule has 0 saturated carbocycles. The van der Waals surface area contributed by atoms with Gasteiger partial charge in [-0.05, 0) is 0 Å². The molecule has 0 aromatic rings. The highest BCUT2D eigenvalue weighted by atomic mass is 35.5. The summed E-state index contributed by atoms with van der Waals surface area (Å²) in [6.45, 7) is 2.86. The van der Waals surface area contributed by atoms with Crippen LogP contribution in [-0.4, -0.2) is 11.1 Å². The van der Waals surface area contributed by atoms with Crippen LogP contribution in [0.2, 0.25) is 0 Å². The van der Waals surface area contributed by atoms with Gasteiger partial charge in [-0.2, -0.15) is 0 Å². The molecule has 70 valence electrons. The minimum absolute atomic E-state index is 0.624. The van der Waals surface area contributed by atoms with E-state index in [9.17, 15) is 19.4 Å². The average molecular weight is 217 g/mol. The van der Waals surface area contributed by atoms with Crippen molar-refractivity contribution in [2.24, 2.45) is 0 Å². The zero-order valence-corrected chi connectivity index (χ0v) is 6.82. The Hall–Kier alpha value is 0.0300. The molecule has 0 N–H and O–H groups in total. The number of alkyl halides is 1. The molecule has 7 heteroatoms. The van der Waals surface area contributed by atoms with Crippen LogP contribution in [0.4, 0.5) is 19.4 Å². The molecule has 0 aromatic carbocycles. The van der Waals surface area contributed by atoms with Crippen molar-refractivity contribution in [3.63, 3.8) is 0 Å². The van der Waals surface area contributed by atoms with Gasteiger partial charge < -0.3 is 0 Å². The van der Waals surface area contributed by atoms with E-state index in [-0.39, 0.29) is 0 Å². The van der Waals surface area contributed by atoms with E-state index in [0.29, 0.717) is 6.08 Å². The first-order valence-electron chi connectivity index (χ1n) is 2.43. The van der Waals surface area contributed by atoms with Crippen LogP contribution in [0.3, 0.4) is 0 Å². The quantitative estimate of drug-likeness (QED) is 0.379. The second-order valence-electron chi connectivity index (χ2n) is 2.05. The molecule has 0 nitrogen and oxygen atoms in total. The molecular formula is C4H6ClF5S. The first kappa shape index (κ1) is 11.0. The van der Waals surface area contributed by atoms with Gasteiger partial charge in [0.05, 0.1) is 5.38 Å². The van der Waals surface area contributed by atoms with Crippen molar-refractivity contribution in [1.29, 1.82) is 0 Å². The van der Waals surface area contributed by atoms with Crippen LogP contribution in [0.25, 0.3) is 0 Å². The lowest BCUT2D eigenvalue weighted by Crippen LogP contribution is -2.18. The Morgan fingerprint density at radius 3 is 1.73 bits per heavy atom. The fourth-order valence-electron chi connectivity index (χ4n) is 0.369. The van der Waals surface area contributed by atoms with Crippen molar-refractivity contribution in [2.45, 2.75) is 5.38 Å². The van der Waals surface area contributed by atoms with E-state index in [0.717, 1.165) is 0 Å². The Balaban J connectivity index is 4.50. The van der Waals surface area contributed by atoms with Crippen LogP contribution in [0.15, 0.2) is 12.7 Å². The van der Waals surface area contributed by atoms with Gasteiger partial charge in [0.2, 0.25) is 0 Å². The number of hydrogen-bond donors (Lipinski definition) is 0.